The van der Waals surface area contributed by atoms with Crippen molar-refractivity contribution in [3.63, 3.8) is 0 Å². The first kappa shape index (κ1) is 18.6. The molecule has 29 heavy (non-hydrogen) atoms. The summed E-state index contributed by atoms with van der Waals surface area (Å²) in [4.78, 5) is 32.2. The number of benzene rings is 2. The molecule has 2 aromatic carbocycles. The molecule has 9 heteroatoms. The average Bonchev–Trinajstić information content (AvgIpc) is 2.72. The van der Waals surface area contributed by atoms with Crippen molar-refractivity contribution in [1.82, 2.24) is 14.5 Å². The monoisotopic (exact) mass is 407 g/mol. The van der Waals surface area contributed by atoms with Crippen LogP contribution in [0.3, 0.4) is 0 Å². The minimum absolute atomic E-state index is 0.0224. The summed E-state index contributed by atoms with van der Waals surface area (Å²) in [5, 5.41) is 15.4. The van der Waals surface area contributed by atoms with Crippen molar-refractivity contribution in [2.75, 3.05) is 5.32 Å². The second-order valence-electron chi connectivity index (χ2n) is 6.25. The number of halogens is 1. The van der Waals surface area contributed by atoms with E-state index >= 15 is 0 Å². The first-order chi connectivity index (χ1) is 14.0. The van der Waals surface area contributed by atoms with Gasteiger partial charge >= 0.3 is 0 Å². The topological polar surface area (TPSA) is 103 Å². The van der Waals surface area contributed by atoms with E-state index in [0.29, 0.717) is 22.5 Å². The number of para-hydroxylation sites is 1. The standard InChI is InChI=1S/C20H14ClN5O3/c21-15-8-6-14(17(10-15)26(28)29)12-25-18(27)9-7-13-11-22-20(24-19(13)25)23-16-4-2-1-3-5-16/h1-11H,12H2,(H,22,23,24). The number of hydrogen-bond donors (Lipinski definition) is 1. The number of fused-ring (bicyclic) bond motifs is 1. The van der Waals surface area contributed by atoms with Crippen LogP contribution in [-0.2, 0) is 6.54 Å². The molecule has 0 spiro atoms. The number of rotatable bonds is 5. The first-order valence-electron chi connectivity index (χ1n) is 8.63. The Morgan fingerprint density at radius 1 is 1.10 bits per heavy atom. The van der Waals surface area contributed by atoms with Crippen molar-refractivity contribution in [2.24, 2.45) is 0 Å². The lowest BCUT2D eigenvalue weighted by Gasteiger charge is -2.11. The molecule has 0 aliphatic carbocycles. The molecule has 0 bridgehead atoms. The van der Waals surface area contributed by atoms with E-state index in [-0.39, 0.29) is 22.8 Å². The average molecular weight is 408 g/mol. The molecule has 0 unspecified atom stereocenters. The molecule has 2 aromatic heterocycles. The van der Waals surface area contributed by atoms with Gasteiger partial charge in [-0.25, -0.2) is 4.98 Å². The molecule has 4 aromatic rings. The van der Waals surface area contributed by atoms with Crippen LogP contribution in [-0.4, -0.2) is 19.5 Å². The Morgan fingerprint density at radius 2 is 1.90 bits per heavy atom. The fourth-order valence-corrected chi connectivity index (χ4v) is 3.11. The Bertz CT molecular complexity index is 1270. The zero-order valence-corrected chi connectivity index (χ0v) is 15.7. The van der Waals surface area contributed by atoms with Crippen LogP contribution in [0.4, 0.5) is 17.3 Å². The minimum atomic E-state index is -0.519. The lowest BCUT2D eigenvalue weighted by atomic mass is 10.1. The van der Waals surface area contributed by atoms with Gasteiger partial charge in [-0.1, -0.05) is 29.8 Å². The van der Waals surface area contributed by atoms with Crippen molar-refractivity contribution < 1.29 is 4.92 Å². The molecule has 1 N–H and O–H groups in total. The van der Waals surface area contributed by atoms with Gasteiger partial charge in [0.15, 0.2) is 0 Å². The number of pyridine rings is 1. The number of nitro benzene ring substituents is 1. The molecule has 0 aliphatic heterocycles. The quantitative estimate of drug-likeness (QED) is 0.394. The van der Waals surface area contributed by atoms with Crippen LogP contribution in [0.5, 0.6) is 0 Å². The Labute approximate surface area is 169 Å². The van der Waals surface area contributed by atoms with Gasteiger partial charge in [0.05, 0.1) is 11.5 Å². The number of aromatic nitrogens is 3. The van der Waals surface area contributed by atoms with E-state index in [1.165, 1.54) is 22.8 Å². The summed E-state index contributed by atoms with van der Waals surface area (Å²) in [6.45, 7) is -0.0224. The predicted octanol–water partition coefficient (Wildman–Crippen LogP) is 4.15. The molecule has 144 valence electrons. The Balaban J connectivity index is 1.80. The lowest BCUT2D eigenvalue weighted by Crippen LogP contribution is -2.21. The van der Waals surface area contributed by atoms with E-state index in [1.807, 2.05) is 30.3 Å². The molecule has 0 amide bonds. The van der Waals surface area contributed by atoms with Crippen molar-refractivity contribution >= 4 is 40.0 Å². The summed E-state index contributed by atoms with van der Waals surface area (Å²) < 4.78 is 1.38. The van der Waals surface area contributed by atoms with Crippen molar-refractivity contribution in [3.8, 4) is 0 Å². The van der Waals surface area contributed by atoms with Crippen molar-refractivity contribution in [3.05, 3.63) is 97.9 Å². The van der Waals surface area contributed by atoms with E-state index in [9.17, 15) is 14.9 Å². The molecule has 8 nitrogen and oxygen atoms in total. The zero-order valence-electron chi connectivity index (χ0n) is 14.9. The highest BCUT2D eigenvalue weighted by Crippen LogP contribution is 2.25. The number of hydrogen-bond acceptors (Lipinski definition) is 6. The third-order valence-corrected chi connectivity index (χ3v) is 4.56. The number of nitrogens with one attached hydrogen (secondary N) is 1. The largest absolute Gasteiger partial charge is 0.324 e. The molecule has 2 heterocycles. The highest BCUT2D eigenvalue weighted by atomic mass is 35.5. The molecular formula is C20H14ClN5O3. The highest BCUT2D eigenvalue weighted by molar-refractivity contribution is 6.30. The summed E-state index contributed by atoms with van der Waals surface area (Å²) >= 11 is 5.89. The maximum Gasteiger partial charge on any atom is 0.275 e. The second-order valence-corrected chi connectivity index (χ2v) is 6.69. The van der Waals surface area contributed by atoms with Crippen LogP contribution in [0.15, 0.2) is 71.7 Å². The molecule has 0 fully saturated rings. The van der Waals surface area contributed by atoms with Gasteiger partial charge in [0.1, 0.15) is 5.65 Å². The Kier molecular flexibility index (Phi) is 4.92. The summed E-state index contributed by atoms with van der Waals surface area (Å²) in [5.74, 6) is 0.314. The van der Waals surface area contributed by atoms with Gasteiger partial charge in [-0.15, -0.1) is 0 Å². The van der Waals surface area contributed by atoms with Crippen LogP contribution < -0.4 is 10.9 Å². The number of nitrogens with zero attached hydrogens (tertiary/aromatic N) is 4. The van der Waals surface area contributed by atoms with E-state index < -0.39 is 4.92 Å². The smallest absolute Gasteiger partial charge is 0.275 e. The van der Waals surface area contributed by atoms with E-state index in [0.717, 1.165) is 5.69 Å². The lowest BCUT2D eigenvalue weighted by molar-refractivity contribution is -0.385. The molecular weight excluding hydrogens is 394 g/mol. The molecule has 0 aliphatic rings. The van der Waals surface area contributed by atoms with Gasteiger partial charge in [-0.3, -0.25) is 19.5 Å². The second kappa shape index (κ2) is 7.69. The van der Waals surface area contributed by atoms with Gasteiger partial charge < -0.3 is 5.32 Å². The third-order valence-electron chi connectivity index (χ3n) is 4.33. The SMILES string of the molecule is O=c1ccc2cnc(Nc3ccccc3)nc2n1Cc1ccc(Cl)cc1[N+](=O)[O-]. The molecule has 0 saturated carbocycles. The third kappa shape index (κ3) is 3.92. The van der Waals surface area contributed by atoms with Crippen LogP contribution in [0.1, 0.15) is 5.56 Å². The van der Waals surface area contributed by atoms with Gasteiger partial charge in [-0.2, -0.15) is 4.98 Å². The predicted molar refractivity (Wildman–Crippen MR) is 111 cm³/mol. The van der Waals surface area contributed by atoms with Gasteiger partial charge in [-0.05, 0) is 30.3 Å². The zero-order chi connectivity index (χ0) is 20.4. The number of nitro groups is 1. The van der Waals surface area contributed by atoms with E-state index in [1.54, 1.807) is 18.3 Å². The van der Waals surface area contributed by atoms with Gasteiger partial charge in [0.25, 0.3) is 11.2 Å². The van der Waals surface area contributed by atoms with E-state index in [2.05, 4.69) is 15.3 Å². The highest BCUT2D eigenvalue weighted by Gasteiger charge is 2.17. The van der Waals surface area contributed by atoms with Crippen LogP contribution >= 0.6 is 11.6 Å². The van der Waals surface area contributed by atoms with Crippen molar-refractivity contribution in [1.29, 1.82) is 0 Å². The Hall–Kier alpha value is -3.78. The van der Waals surface area contributed by atoms with E-state index in [4.69, 9.17) is 11.6 Å². The molecule has 0 radical (unpaired) electrons. The number of anilines is 2. The van der Waals surface area contributed by atoms with Crippen molar-refractivity contribution in [2.45, 2.75) is 6.54 Å². The molecule has 4 rings (SSSR count). The van der Waals surface area contributed by atoms with Crippen LogP contribution in [0.25, 0.3) is 11.0 Å². The summed E-state index contributed by atoms with van der Waals surface area (Å²) in [6, 6.07) is 16.7. The minimum Gasteiger partial charge on any atom is -0.324 e. The van der Waals surface area contributed by atoms with Crippen LogP contribution in [0, 0.1) is 10.1 Å². The summed E-state index contributed by atoms with van der Waals surface area (Å²) in [6.07, 6.45) is 1.60. The van der Waals surface area contributed by atoms with Gasteiger partial charge in [0, 0.05) is 40.0 Å². The fourth-order valence-electron chi connectivity index (χ4n) is 2.95. The Morgan fingerprint density at radius 3 is 2.66 bits per heavy atom. The maximum absolute atomic E-state index is 12.5. The summed E-state index contributed by atoms with van der Waals surface area (Å²) in [5.41, 5.74) is 1.04. The normalized spacial score (nSPS) is 10.8. The fraction of sp³-hybridized carbons (Fsp3) is 0.0500. The maximum atomic E-state index is 12.5. The molecule has 0 saturated heterocycles. The van der Waals surface area contributed by atoms with Crippen LogP contribution in [0.2, 0.25) is 5.02 Å². The summed E-state index contributed by atoms with van der Waals surface area (Å²) in [7, 11) is 0. The molecule has 0 atom stereocenters. The van der Waals surface area contributed by atoms with Gasteiger partial charge in [0.2, 0.25) is 5.95 Å². The first-order valence-corrected chi connectivity index (χ1v) is 9.00.